The molecule has 1 unspecified atom stereocenters. The van der Waals surface area contributed by atoms with Crippen LogP contribution in [0, 0.1) is 12.3 Å². The Morgan fingerprint density at radius 2 is 2.26 bits per heavy atom. The van der Waals surface area contributed by atoms with Crippen LogP contribution in [0.5, 0.6) is 5.75 Å². The summed E-state index contributed by atoms with van der Waals surface area (Å²) in [4.78, 5) is 11.9. The van der Waals surface area contributed by atoms with Crippen molar-refractivity contribution in [2.45, 2.75) is 32.4 Å². The minimum absolute atomic E-state index is 0.0485. The lowest BCUT2D eigenvalue weighted by Crippen LogP contribution is -2.34. The molecule has 1 atom stereocenters. The molecular weight excluding hydrogens is 252 g/mol. The fourth-order valence-corrected chi connectivity index (χ4v) is 1.52. The third-order valence-corrected chi connectivity index (χ3v) is 2.51. The molecule has 0 aromatic heterocycles. The van der Waals surface area contributed by atoms with Crippen LogP contribution in [0.4, 0.5) is 8.78 Å². The summed E-state index contributed by atoms with van der Waals surface area (Å²) in [7, 11) is 0. The zero-order valence-corrected chi connectivity index (χ0v) is 10.5. The van der Waals surface area contributed by atoms with Crippen molar-refractivity contribution in [3.8, 4) is 18.1 Å². The van der Waals surface area contributed by atoms with E-state index in [0.717, 1.165) is 0 Å². The quantitative estimate of drug-likeness (QED) is 0.805. The summed E-state index contributed by atoms with van der Waals surface area (Å²) < 4.78 is 28.4. The van der Waals surface area contributed by atoms with Crippen molar-refractivity contribution in [1.82, 2.24) is 5.32 Å². The molecule has 1 aromatic carbocycles. The van der Waals surface area contributed by atoms with Crippen molar-refractivity contribution in [2.24, 2.45) is 0 Å². The maximum atomic E-state index is 12.1. The van der Waals surface area contributed by atoms with Crippen molar-refractivity contribution in [1.29, 1.82) is 0 Å². The number of rotatable bonds is 6. The second kappa shape index (κ2) is 7.37. The van der Waals surface area contributed by atoms with Crippen LogP contribution in [0.3, 0.4) is 0 Å². The number of benzene rings is 1. The van der Waals surface area contributed by atoms with E-state index in [1.807, 2.05) is 6.92 Å². The SMILES string of the molecule is C#CCC(CC)NC(=O)c1cccc(OC(F)F)c1. The molecular formula is C14H15F2NO2. The molecule has 3 nitrogen and oxygen atoms in total. The van der Waals surface area contributed by atoms with E-state index in [0.29, 0.717) is 12.8 Å². The van der Waals surface area contributed by atoms with Crippen molar-refractivity contribution in [3.05, 3.63) is 29.8 Å². The highest BCUT2D eigenvalue weighted by atomic mass is 19.3. The van der Waals surface area contributed by atoms with Gasteiger partial charge in [-0.2, -0.15) is 8.78 Å². The average Bonchev–Trinajstić information content (AvgIpc) is 2.37. The van der Waals surface area contributed by atoms with E-state index in [1.54, 1.807) is 0 Å². The fraction of sp³-hybridized carbons (Fsp3) is 0.357. The van der Waals surface area contributed by atoms with Crippen molar-refractivity contribution in [2.75, 3.05) is 0 Å². The number of carbonyl (C=O) groups is 1. The molecule has 1 amide bonds. The van der Waals surface area contributed by atoms with Crippen molar-refractivity contribution in [3.63, 3.8) is 0 Å². The van der Waals surface area contributed by atoms with Gasteiger partial charge in [0.05, 0.1) is 0 Å². The normalized spacial score (nSPS) is 11.7. The van der Waals surface area contributed by atoms with E-state index in [9.17, 15) is 13.6 Å². The molecule has 1 N–H and O–H groups in total. The van der Waals surface area contributed by atoms with Gasteiger partial charge < -0.3 is 10.1 Å². The van der Waals surface area contributed by atoms with Crippen LogP contribution in [0.25, 0.3) is 0 Å². The van der Waals surface area contributed by atoms with Crippen molar-refractivity contribution < 1.29 is 18.3 Å². The first kappa shape index (κ1) is 15.0. The third kappa shape index (κ3) is 4.96. The van der Waals surface area contributed by atoms with Crippen LogP contribution < -0.4 is 10.1 Å². The zero-order chi connectivity index (χ0) is 14.3. The molecule has 0 heterocycles. The third-order valence-electron chi connectivity index (χ3n) is 2.51. The number of nitrogens with one attached hydrogen (secondary N) is 1. The van der Waals surface area contributed by atoms with Gasteiger partial charge in [0, 0.05) is 18.0 Å². The molecule has 0 spiro atoms. The van der Waals surface area contributed by atoms with Gasteiger partial charge in [-0.05, 0) is 24.6 Å². The van der Waals surface area contributed by atoms with Gasteiger partial charge in [-0.1, -0.05) is 13.0 Å². The summed E-state index contributed by atoms with van der Waals surface area (Å²) in [5, 5.41) is 2.74. The van der Waals surface area contributed by atoms with Crippen LogP contribution in [0.2, 0.25) is 0 Å². The van der Waals surface area contributed by atoms with Gasteiger partial charge in [0.1, 0.15) is 5.75 Å². The maximum Gasteiger partial charge on any atom is 0.387 e. The Morgan fingerprint density at radius 3 is 2.84 bits per heavy atom. The fourth-order valence-electron chi connectivity index (χ4n) is 1.52. The number of halogens is 2. The Kier molecular flexibility index (Phi) is 5.80. The molecule has 1 rings (SSSR count). The first-order chi connectivity index (χ1) is 9.06. The predicted octanol–water partition coefficient (Wildman–Crippen LogP) is 2.82. The van der Waals surface area contributed by atoms with Gasteiger partial charge in [0.15, 0.2) is 0 Å². The molecule has 0 aliphatic carbocycles. The summed E-state index contributed by atoms with van der Waals surface area (Å²) in [6.07, 6.45) is 6.32. The molecule has 0 radical (unpaired) electrons. The zero-order valence-electron chi connectivity index (χ0n) is 10.5. The summed E-state index contributed by atoms with van der Waals surface area (Å²) in [5.74, 6) is 2.07. The van der Waals surface area contributed by atoms with Crippen molar-refractivity contribution >= 4 is 5.91 Å². The van der Waals surface area contributed by atoms with Gasteiger partial charge in [0.25, 0.3) is 5.91 Å². The second-order valence-electron chi connectivity index (χ2n) is 3.89. The lowest BCUT2D eigenvalue weighted by atomic mass is 10.1. The predicted molar refractivity (Wildman–Crippen MR) is 68.1 cm³/mol. The molecule has 1 aromatic rings. The average molecular weight is 267 g/mol. The second-order valence-corrected chi connectivity index (χ2v) is 3.89. The molecule has 5 heteroatoms. The Labute approximate surface area is 111 Å². The number of amides is 1. The number of hydrogen-bond donors (Lipinski definition) is 1. The number of carbonyl (C=O) groups excluding carboxylic acids is 1. The van der Waals surface area contributed by atoms with Crippen LogP contribution in [-0.4, -0.2) is 18.6 Å². The Bertz CT molecular complexity index is 469. The smallest absolute Gasteiger partial charge is 0.387 e. The number of alkyl halides is 2. The van der Waals surface area contributed by atoms with Crippen LogP contribution in [0.15, 0.2) is 24.3 Å². The molecule has 102 valence electrons. The van der Waals surface area contributed by atoms with E-state index in [1.165, 1.54) is 24.3 Å². The summed E-state index contributed by atoms with van der Waals surface area (Å²) in [6.45, 7) is -1.01. The van der Waals surface area contributed by atoms with Crippen LogP contribution in [0.1, 0.15) is 30.1 Å². The van der Waals surface area contributed by atoms with E-state index in [4.69, 9.17) is 6.42 Å². The largest absolute Gasteiger partial charge is 0.435 e. The Hall–Kier alpha value is -2.09. The van der Waals surface area contributed by atoms with Gasteiger partial charge in [-0.15, -0.1) is 12.3 Å². The summed E-state index contributed by atoms with van der Waals surface area (Å²) in [5.41, 5.74) is 0.258. The number of terminal acetylenes is 1. The molecule has 0 fully saturated rings. The Balaban J connectivity index is 2.74. The number of hydrogen-bond acceptors (Lipinski definition) is 2. The highest BCUT2D eigenvalue weighted by molar-refractivity contribution is 5.94. The van der Waals surface area contributed by atoms with Crippen LogP contribution >= 0.6 is 0 Å². The highest BCUT2D eigenvalue weighted by Crippen LogP contribution is 2.16. The lowest BCUT2D eigenvalue weighted by Gasteiger charge is -2.14. The molecule has 19 heavy (non-hydrogen) atoms. The first-order valence-corrected chi connectivity index (χ1v) is 5.86. The topological polar surface area (TPSA) is 38.3 Å². The summed E-state index contributed by atoms with van der Waals surface area (Å²) in [6, 6.07) is 5.51. The lowest BCUT2D eigenvalue weighted by molar-refractivity contribution is -0.0498. The molecule has 0 aliphatic rings. The molecule has 0 aliphatic heterocycles. The first-order valence-electron chi connectivity index (χ1n) is 5.86. The maximum absolute atomic E-state index is 12.1. The van der Waals surface area contributed by atoms with E-state index in [-0.39, 0.29) is 23.3 Å². The van der Waals surface area contributed by atoms with Crippen LogP contribution in [-0.2, 0) is 0 Å². The Morgan fingerprint density at radius 1 is 1.53 bits per heavy atom. The van der Waals surface area contributed by atoms with E-state index in [2.05, 4.69) is 16.0 Å². The monoisotopic (exact) mass is 267 g/mol. The molecule has 0 bridgehead atoms. The van der Waals surface area contributed by atoms with E-state index >= 15 is 0 Å². The summed E-state index contributed by atoms with van der Waals surface area (Å²) >= 11 is 0. The minimum atomic E-state index is -2.91. The van der Waals surface area contributed by atoms with E-state index < -0.39 is 6.61 Å². The molecule has 0 saturated carbocycles. The van der Waals surface area contributed by atoms with Gasteiger partial charge in [-0.3, -0.25) is 4.79 Å². The minimum Gasteiger partial charge on any atom is -0.435 e. The standard InChI is InChI=1S/C14H15F2NO2/c1-3-6-11(4-2)17-13(18)10-7-5-8-12(9-10)19-14(15)16/h1,5,7-9,11,14H,4,6H2,2H3,(H,17,18). The van der Waals surface area contributed by atoms with Gasteiger partial charge >= 0.3 is 6.61 Å². The van der Waals surface area contributed by atoms with Gasteiger partial charge in [0.2, 0.25) is 0 Å². The highest BCUT2D eigenvalue weighted by Gasteiger charge is 2.13. The number of ether oxygens (including phenoxy) is 1. The van der Waals surface area contributed by atoms with Gasteiger partial charge in [-0.25, -0.2) is 0 Å². The molecule has 0 saturated heterocycles.